The van der Waals surface area contributed by atoms with Gasteiger partial charge in [-0.1, -0.05) is 41.4 Å². The van der Waals surface area contributed by atoms with E-state index in [1.165, 1.54) is 7.11 Å². The Hall–Kier alpha value is -2.30. The lowest BCUT2D eigenvalue weighted by Crippen LogP contribution is -2.07. The van der Waals surface area contributed by atoms with E-state index in [-0.39, 0.29) is 11.6 Å². The van der Waals surface area contributed by atoms with Crippen LogP contribution in [0.2, 0.25) is 10.0 Å². The summed E-state index contributed by atoms with van der Waals surface area (Å²) in [5.41, 5.74) is 1.36. The molecule has 0 fully saturated rings. The van der Waals surface area contributed by atoms with Crippen molar-refractivity contribution in [2.24, 2.45) is 4.99 Å². The van der Waals surface area contributed by atoms with E-state index in [0.717, 1.165) is 0 Å². The van der Waals surface area contributed by atoms with Crippen molar-refractivity contribution in [3.63, 3.8) is 0 Å². The van der Waals surface area contributed by atoms with Crippen LogP contribution in [0.3, 0.4) is 0 Å². The van der Waals surface area contributed by atoms with Crippen LogP contribution in [-0.4, -0.2) is 19.0 Å². The molecule has 0 N–H and O–H groups in total. The Morgan fingerprint density at radius 2 is 1.96 bits per heavy atom. The lowest BCUT2D eigenvalue weighted by Gasteiger charge is -2.07. The van der Waals surface area contributed by atoms with Gasteiger partial charge in [0.2, 0.25) is 5.90 Å². The number of hydrogen-bond donors (Lipinski definition) is 0. The molecule has 1 heterocycles. The van der Waals surface area contributed by atoms with Crippen molar-refractivity contribution in [1.82, 2.24) is 0 Å². The van der Waals surface area contributed by atoms with Crippen molar-refractivity contribution < 1.29 is 14.3 Å². The number of esters is 1. The van der Waals surface area contributed by atoms with Gasteiger partial charge in [-0.3, -0.25) is 0 Å². The van der Waals surface area contributed by atoms with Crippen molar-refractivity contribution in [2.75, 3.05) is 7.11 Å². The first-order chi connectivity index (χ1) is 11.1. The van der Waals surface area contributed by atoms with E-state index in [2.05, 4.69) is 4.99 Å². The van der Waals surface area contributed by atoms with E-state index in [9.17, 15) is 4.79 Å². The van der Waals surface area contributed by atoms with E-state index < -0.39 is 5.97 Å². The SMILES string of the molecule is COc1ccc(Cl)cc1C1=N/C(=C/c2ccccc2Cl)C(=O)O1. The average Bonchev–Trinajstić information content (AvgIpc) is 2.90. The van der Waals surface area contributed by atoms with Crippen molar-refractivity contribution >= 4 is 41.1 Å². The highest BCUT2D eigenvalue weighted by molar-refractivity contribution is 6.32. The highest BCUT2D eigenvalue weighted by Crippen LogP contribution is 2.28. The van der Waals surface area contributed by atoms with Crippen LogP contribution in [0.25, 0.3) is 6.08 Å². The van der Waals surface area contributed by atoms with Gasteiger partial charge in [0.1, 0.15) is 5.75 Å². The number of rotatable bonds is 3. The van der Waals surface area contributed by atoms with E-state index in [4.69, 9.17) is 32.7 Å². The minimum atomic E-state index is -0.554. The molecule has 1 aliphatic heterocycles. The molecule has 4 nitrogen and oxygen atoms in total. The molecule has 0 bridgehead atoms. The normalized spacial score (nSPS) is 15.5. The summed E-state index contributed by atoms with van der Waals surface area (Å²) < 4.78 is 10.5. The molecule has 0 radical (unpaired) electrons. The molecule has 3 rings (SSSR count). The van der Waals surface area contributed by atoms with Crippen LogP contribution in [0, 0.1) is 0 Å². The van der Waals surface area contributed by atoms with Crippen LogP contribution in [0.5, 0.6) is 5.75 Å². The van der Waals surface area contributed by atoms with Crippen LogP contribution in [-0.2, 0) is 9.53 Å². The number of hydrogen-bond acceptors (Lipinski definition) is 4. The van der Waals surface area contributed by atoms with E-state index in [0.29, 0.717) is 26.9 Å². The average molecular weight is 348 g/mol. The highest BCUT2D eigenvalue weighted by atomic mass is 35.5. The first kappa shape index (κ1) is 15.6. The topological polar surface area (TPSA) is 47.9 Å². The van der Waals surface area contributed by atoms with Crippen LogP contribution in [0.15, 0.2) is 53.2 Å². The summed E-state index contributed by atoms with van der Waals surface area (Å²) in [6.45, 7) is 0. The molecule has 2 aromatic carbocycles. The fourth-order valence-electron chi connectivity index (χ4n) is 2.11. The van der Waals surface area contributed by atoms with Gasteiger partial charge in [0.05, 0.1) is 12.7 Å². The van der Waals surface area contributed by atoms with Crippen LogP contribution in [0.4, 0.5) is 0 Å². The predicted octanol–water partition coefficient (Wildman–Crippen LogP) is 4.35. The molecule has 2 aromatic rings. The monoisotopic (exact) mass is 347 g/mol. The molecule has 1 aliphatic rings. The molecular formula is C17H11Cl2NO3. The molecule has 0 saturated heterocycles. The number of carbonyl (C=O) groups is 1. The Morgan fingerprint density at radius 1 is 1.17 bits per heavy atom. The lowest BCUT2D eigenvalue weighted by molar-refractivity contribution is -0.129. The van der Waals surface area contributed by atoms with Gasteiger partial charge in [0.25, 0.3) is 0 Å². The maximum Gasteiger partial charge on any atom is 0.363 e. The minimum Gasteiger partial charge on any atom is -0.496 e. The van der Waals surface area contributed by atoms with Gasteiger partial charge in [0.15, 0.2) is 5.70 Å². The second-order valence-electron chi connectivity index (χ2n) is 4.70. The van der Waals surface area contributed by atoms with E-state index >= 15 is 0 Å². The predicted molar refractivity (Wildman–Crippen MR) is 90.1 cm³/mol. The number of ether oxygens (including phenoxy) is 2. The molecule has 116 valence electrons. The summed E-state index contributed by atoms with van der Waals surface area (Å²) in [5, 5.41) is 1.01. The Morgan fingerprint density at radius 3 is 2.70 bits per heavy atom. The van der Waals surface area contributed by atoms with E-state index in [1.54, 1.807) is 36.4 Å². The number of carbonyl (C=O) groups excluding carboxylic acids is 1. The zero-order chi connectivity index (χ0) is 16.4. The molecule has 0 saturated carbocycles. The highest BCUT2D eigenvalue weighted by Gasteiger charge is 2.26. The Bertz CT molecular complexity index is 843. The fraction of sp³-hybridized carbons (Fsp3) is 0.0588. The molecule has 0 atom stereocenters. The number of methoxy groups -OCH3 is 1. The van der Waals surface area contributed by atoms with Crippen LogP contribution in [0.1, 0.15) is 11.1 Å². The van der Waals surface area contributed by atoms with Gasteiger partial charge in [-0.2, -0.15) is 0 Å². The molecule has 6 heteroatoms. The van der Waals surface area contributed by atoms with Gasteiger partial charge < -0.3 is 9.47 Å². The van der Waals surface area contributed by atoms with Crippen molar-refractivity contribution in [3.8, 4) is 5.75 Å². The first-order valence-electron chi connectivity index (χ1n) is 6.69. The third-order valence-corrected chi connectivity index (χ3v) is 3.79. The summed E-state index contributed by atoms with van der Waals surface area (Å²) in [4.78, 5) is 16.3. The number of nitrogens with zero attached hydrogens (tertiary/aromatic N) is 1. The van der Waals surface area contributed by atoms with Crippen LogP contribution >= 0.6 is 23.2 Å². The second kappa shape index (κ2) is 6.44. The zero-order valence-corrected chi connectivity index (χ0v) is 13.6. The van der Waals surface area contributed by atoms with Gasteiger partial charge >= 0.3 is 5.97 Å². The smallest absolute Gasteiger partial charge is 0.363 e. The molecule has 0 amide bonds. The van der Waals surface area contributed by atoms with Gasteiger partial charge in [-0.15, -0.1) is 0 Å². The third-order valence-electron chi connectivity index (χ3n) is 3.21. The minimum absolute atomic E-state index is 0.146. The maximum absolute atomic E-state index is 12.0. The van der Waals surface area contributed by atoms with Crippen molar-refractivity contribution in [2.45, 2.75) is 0 Å². The van der Waals surface area contributed by atoms with Crippen LogP contribution < -0.4 is 4.74 Å². The zero-order valence-electron chi connectivity index (χ0n) is 12.0. The Kier molecular flexibility index (Phi) is 4.37. The fourth-order valence-corrected chi connectivity index (χ4v) is 2.47. The first-order valence-corrected chi connectivity index (χ1v) is 7.45. The Balaban J connectivity index is 2.03. The summed E-state index contributed by atoms with van der Waals surface area (Å²) >= 11 is 12.1. The number of cyclic esters (lactones) is 1. The quantitative estimate of drug-likeness (QED) is 0.612. The van der Waals surface area contributed by atoms with E-state index in [1.807, 2.05) is 12.1 Å². The largest absolute Gasteiger partial charge is 0.496 e. The summed E-state index contributed by atoms with van der Waals surface area (Å²) in [7, 11) is 1.52. The van der Waals surface area contributed by atoms with Crippen molar-refractivity contribution in [3.05, 3.63) is 69.3 Å². The van der Waals surface area contributed by atoms with Gasteiger partial charge in [-0.25, -0.2) is 9.79 Å². The molecule has 0 spiro atoms. The molecule has 23 heavy (non-hydrogen) atoms. The standard InChI is InChI=1S/C17H11Cl2NO3/c1-22-15-7-6-11(18)9-12(15)16-20-14(17(21)23-16)8-10-4-2-3-5-13(10)19/h2-9H,1H3/b14-8+. The summed E-state index contributed by atoms with van der Waals surface area (Å²) in [5.74, 6) is 0.106. The summed E-state index contributed by atoms with van der Waals surface area (Å²) in [6, 6.07) is 12.2. The third kappa shape index (κ3) is 3.23. The molecule has 0 aromatic heterocycles. The molecular weight excluding hydrogens is 337 g/mol. The van der Waals surface area contributed by atoms with Crippen molar-refractivity contribution in [1.29, 1.82) is 0 Å². The number of aliphatic imine (C=N–C) groups is 1. The van der Waals surface area contributed by atoms with Gasteiger partial charge in [-0.05, 0) is 35.9 Å². The maximum atomic E-state index is 12.0. The molecule has 0 unspecified atom stereocenters. The summed E-state index contributed by atoms with van der Waals surface area (Å²) in [6.07, 6.45) is 1.58. The van der Waals surface area contributed by atoms with Gasteiger partial charge in [0, 0.05) is 10.0 Å². The molecule has 0 aliphatic carbocycles. The lowest BCUT2D eigenvalue weighted by atomic mass is 10.2. The number of benzene rings is 2. The second-order valence-corrected chi connectivity index (χ2v) is 5.55. The number of halogens is 2. The Labute approximate surface area is 143 Å².